The van der Waals surface area contributed by atoms with Crippen LogP contribution >= 0.6 is 11.3 Å². The first-order chi connectivity index (χ1) is 15.2. The number of piperazine rings is 1. The zero-order chi connectivity index (χ0) is 23.0. The number of thiophene rings is 1. The van der Waals surface area contributed by atoms with Crippen molar-refractivity contribution in [3.8, 4) is 0 Å². The lowest BCUT2D eigenvalue weighted by atomic mass is 10.0. The van der Waals surface area contributed by atoms with Gasteiger partial charge in [0.25, 0.3) is 5.56 Å². The van der Waals surface area contributed by atoms with Crippen molar-refractivity contribution >= 4 is 37.5 Å². The summed E-state index contributed by atoms with van der Waals surface area (Å²) in [5, 5.41) is 0.109. The van der Waals surface area contributed by atoms with Crippen molar-refractivity contribution in [2.24, 2.45) is 5.92 Å². The van der Waals surface area contributed by atoms with E-state index in [1.54, 1.807) is 11.8 Å². The fourth-order valence-corrected chi connectivity index (χ4v) is 7.59. The molecule has 2 aromatic heterocycles. The van der Waals surface area contributed by atoms with Gasteiger partial charge in [0.1, 0.15) is 16.3 Å². The number of fused-ring (bicyclic) bond motifs is 1. The third kappa shape index (κ3) is 4.35. The average molecular weight is 482 g/mol. The number of piperidine rings is 1. The number of aryl methyl sites for hydroxylation is 1. The fourth-order valence-electron chi connectivity index (χ4n) is 4.45. The van der Waals surface area contributed by atoms with Crippen molar-refractivity contribution in [3.05, 3.63) is 21.6 Å². The maximum atomic E-state index is 13.5. The van der Waals surface area contributed by atoms with Crippen molar-refractivity contribution in [2.75, 3.05) is 45.8 Å². The highest BCUT2D eigenvalue weighted by atomic mass is 32.2. The molecule has 0 aromatic carbocycles. The molecule has 0 unspecified atom stereocenters. The molecule has 2 aliphatic rings. The minimum Gasteiger partial charge on any atom is -0.339 e. The third-order valence-electron chi connectivity index (χ3n) is 6.62. The minimum atomic E-state index is -3.81. The second kappa shape index (κ2) is 9.20. The van der Waals surface area contributed by atoms with Gasteiger partial charge in [-0.1, -0.05) is 13.8 Å². The van der Waals surface area contributed by atoms with Gasteiger partial charge in [-0.3, -0.25) is 14.2 Å². The molecule has 0 saturated carbocycles. The number of carbonyl (C=O) groups excluding carboxylic acids is 1. The van der Waals surface area contributed by atoms with Crippen LogP contribution in [0.3, 0.4) is 0 Å². The molecule has 2 aromatic rings. The third-order valence-corrected chi connectivity index (χ3v) is 9.83. The summed E-state index contributed by atoms with van der Waals surface area (Å²) in [5.74, 6) is 0.344. The number of likely N-dealkylation sites (N-methyl/N-ethyl adjacent to an activating group) is 1. The molecule has 4 heterocycles. The number of carbonyl (C=O) groups is 1. The van der Waals surface area contributed by atoms with E-state index in [0.717, 1.165) is 32.5 Å². The Hall–Kier alpha value is -1.82. The molecule has 4 rings (SSSR count). The summed E-state index contributed by atoms with van der Waals surface area (Å²) in [5.41, 5.74) is -0.469. The second-order valence-corrected chi connectivity index (χ2v) is 11.8. The smallest absolute Gasteiger partial charge is 0.263 e. The Bertz CT molecular complexity index is 1160. The van der Waals surface area contributed by atoms with Crippen LogP contribution in [0.4, 0.5) is 0 Å². The lowest BCUT2D eigenvalue weighted by Gasteiger charge is -2.34. The molecule has 9 nitrogen and oxygen atoms in total. The molecule has 32 heavy (non-hydrogen) atoms. The predicted molar refractivity (Wildman–Crippen MR) is 124 cm³/mol. The largest absolute Gasteiger partial charge is 0.339 e. The molecular weight excluding hydrogens is 450 g/mol. The van der Waals surface area contributed by atoms with Crippen molar-refractivity contribution < 1.29 is 13.2 Å². The Balaban J connectivity index is 1.64. The van der Waals surface area contributed by atoms with Gasteiger partial charge in [-0.05, 0) is 32.2 Å². The molecular formula is C21H31N5O4S2. The van der Waals surface area contributed by atoms with E-state index in [2.05, 4.69) is 23.7 Å². The lowest BCUT2D eigenvalue weighted by molar-refractivity contribution is -0.133. The van der Waals surface area contributed by atoms with Crippen LogP contribution in [0, 0.1) is 12.8 Å². The van der Waals surface area contributed by atoms with E-state index in [0.29, 0.717) is 41.8 Å². The Morgan fingerprint density at radius 3 is 2.44 bits per heavy atom. The predicted octanol–water partition coefficient (Wildman–Crippen LogP) is 1.35. The summed E-state index contributed by atoms with van der Waals surface area (Å²) in [4.78, 5) is 35.5. The Morgan fingerprint density at radius 1 is 1.16 bits per heavy atom. The van der Waals surface area contributed by atoms with Gasteiger partial charge in [0, 0.05) is 44.1 Å². The molecule has 0 N–H and O–H groups in total. The SMILES string of the molecule is CCN1CCN(C(=O)Cn2cnc3sc(C)c(S(=O)(=O)N4CCC(C)CC4)c3c2=O)CC1. The summed E-state index contributed by atoms with van der Waals surface area (Å²) >= 11 is 1.21. The molecule has 2 fully saturated rings. The number of amides is 1. The first-order valence-corrected chi connectivity index (χ1v) is 13.5. The van der Waals surface area contributed by atoms with Gasteiger partial charge in [-0.15, -0.1) is 11.3 Å². The van der Waals surface area contributed by atoms with Crippen molar-refractivity contribution in [2.45, 2.75) is 45.1 Å². The van der Waals surface area contributed by atoms with Gasteiger partial charge in [0.05, 0.1) is 11.7 Å². The maximum absolute atomic E-state index is 13.5. The molecule has 0 bridgehead atoms. The average Bonchev–Trinajstić information content (AvgIpc) is 3.13. The molecule has 11 heteroatoms. The standard InChI is InChI=1S/C21H31N5O4S2/c1-4-23-9-11-24(12-10-23)17(27)13-25-14-22-20-18(21(25)28)19(16(3)31-20)32(29,30)26-7-5-15(2)6-8-26/h14-15H,4-13H2,1-3H3. The molecule has 0 spiro atoms. The first-order valence-electron chi connectivity index (χ1n) is 11.2. The first kappa shape index (κ1) is 23.3. The molecule has 1 amide bonds. The van der Waals surface area contributed by atoms with Crippen LogP contribution in [-0.4, -0.2) is 83.8 Å². The van der Waals surface area contributed by atoms with E-state index in [4.69, 9.17) is 0 Å². The zero-order valence-electron chi connectivity index (χ0n) is 18.9. The van der Waals surface area contributed by atoms with E-state index in [-0.39, 0.29) is 22.7 Å². The van der Waals surface area contributed by atoms with E-state index in [1.165, 1.54) is 26.5 Å². The van der Waals surface area contributed by atoms with E-state index in [9.17, 15) is 18.0 Å². The summed E-state index contributed by atoms with van der Waals surface area (Å²) in [6.45, 7) is 10.5. The highest BCUT2D eigenvalue weighted by Crippen LogP contribution is 2.34. The number of hydrogen-bond acceptors (Lipinski definition) is 7. The molecule has 0 aliphatic carbocycles. The maximum Gasteiger partial charge on any atom is 0.263 e. The number of hydrogen-bond donors (Lipinski definition) is 0. The lowest BCUT2D eigenvalue weighted by Crippen LogP contribution is -2.49. The van der Waals surface area contributed by atoms with Crippen LogP contribution in [-0.2, 0) is 21.4 Å². The molecule has 0 radical (unpaired) electrons. The summed E-state index contributed by atoms with van der Waals surface area (Å²) in [6.07, 6.45) is 2.98. The second-order valence-electron chi connectivity index (χ2n) is 8.75. The molecule has 2 aliphatic heterocycles. The van der Waals surface area contributed by atoms with Gasteiger partial charge < -0.3 is 9.80 Å². The number of sulfonamides is 1. The number of aromatic nitrogens is 2. The number of nitrogens with zero attached hydrogens (tertiary/aromatic N) is 5. The molecule has 2 saturated heterocycles. The Kier molecular flexibility index (Phi) is 6.71. The summed E-state index contributed by atoms with van der Waals surface area (Å²) < 4.78 is 29.7. The van der Waals surface area contributed by atoms with E-state index >= 15 is 0 Å². The fraction of sp³-hybridized carbons (Fsp3) is 0.667. The van der Waals surface area contributed by atoms with Crippen LogP contribution < -0.4 is 5.56 Å². The topological polar surface area (TPSA) is 95.8 Å². The minimum absolute atomic E-state index is 0.0583. The van der Waals surface area contributed by atoms with Crippen LogP contribution in [0.5, 0.6) is 0 Å². The van der Waals surface area contributed by atoms with E-state index in [1.807, 2.05) is 0 Å². The highest BCUT2D eigenvalue weighted by Gasteiger charge is 2.33. The van der Waals surface area contributed by atoms with Gasteiger partial charge >= 0.3 is 0 Å². The van der Waals surface area contributed by atoms with Gasteiger partial charge in [0.15, 0.2) is 0 Å². The zero-order valence-corrected chi connectivity index (χ0v) is 20.5. The van der Waals surface area contributed by atoms with Crippen LogP contribution in [0.25, 0.3) is 10.2 Å². The summed E-state index contributed by atoms with van der Waals surface area (Å²) in [6, 6.07) is 0. The Labute approximate surface area is 192 Å². The van der Waals surface area contributed by atoms with Crippen LogP contribution in [0.1, 0.15) is 31.6 Å². The monoisotopic (exact) mass is 481 g/mol. The number of rotatable bonds is 5. The van der Waals surface area contributed by atoms with Crippen molar-refractivity contribution in [1.29, 1.82) is 0 Å². The van der Waals surface area contributed by atoms with Crippen LogP contribution in [0.2, 0.25) is 0 Å². The summed E-state index contributed by atoms with van der Waals surface area (Å²) in [7, 11) is -3.81. The normalized spacial score (nSPS) is 19.7. The molecule has 0 atom stereocenters. The molecule has 176 valence electrons. The van der Waals surface area contributed by atoms with Crippen LogP contribution in [0.15, 0.2) is 16.0 Å². The highest BCUT2D eigenvalue weighted by molar-refractivity contribution is 7.89. The van der Waals surface area contributed by atoms with Crippen molar-refractivity contribution in [3.63, 3.8) is 0 Å². The Morgan fingerprint density at radius 2 is 1.81 bits per heavy atom. The van der Waals surface area contributed by atoms with Crippen molar-refractivity contribution in [1.82, 2.24) is 23.7 Å². The quantitative estimate of drug-likeness (QED) is 0.640. The van der Waals surface area contributed by atoms with Gasteiger partial charge in [-0.2, -0.15) is 4.31 Å². The van der Waals surface area contributed by atoms with Gasteiger partial charge in [0.2, 0.25) is 15.9 Å². The van der Waals surface area contributed by atoms with Gasteiger partial charge in [-0.25, -0.2) is 13.4 Å². The van der Waals surface area contributed by atoms with E-state index < -0.39 is 15.6 Å².